The number of aliphatic hydroxyl groups excluding tert-OH is 1. The number of aliphatic carboxylic acids is 1. The summed E-state index contributed by atoms with van der Waals surface area (Å²) in [6.07, 6.45) is 5.95. The predicted octanol–water partition coefficient (Wildman–Crippen LogP) is 5.89. The molecule has 0 amide bonds. The van der Waals surface area contributed by atoms with E-state index in [2.05, 4.69) is 19.1 Å². The Morgan fingerprint density at radius 2 is 1.86 bits per heavy atom. The highest BCUT2D eigenvalue weighted by molar-refractivity contribution is 6.25. The van der Waals surface area contributed by atoms with E-state index in [1.54, 1.807) is 0 Å². The highest BCUT2D eigenvalue weighted by Gasteiger charge is 2.42. The molecule has 6 heteroatoms. The molecule has 164 valence electrons. The first kappa shape index (κ1) is 24.5. The molecule has 0 saturated heterocycles. The van der Waals surface area contributed by atoms with Gasteiger partial charge < -0.3 is 14.9 Å². The molecule has 2 N–H and O–H groups in total. The minimum atomic E-state index is -0.773. The van der Waals surface area contributed by atoms with Crippen molar-refractivity contribution in [3.63, 3.8) is 0 Å². The summed E-state index contributed by atoms with van der Waals surface area (Å²) in [4.78, 5) is 10.6. The van der Waals surface area contributed by atoms with Crippen LogP contribution in [0.3, 0.4) is 0 Å². The molecule has 5 unspecified atom stereocenters. The monoisotopic (exact) mass is 444 g/mol. The van der Waals surface area contributed by atoms with Gasteiger partial charge in [0.15, 0.2) is 0 Å². The van der Waals surface area contributed by atoms with Crippen molar-refractivity contribution in [2.75, 3.05) is 13.2 Å². The Labute approximate surface area is 184 Å². The van der Waals surface area contributed by atoms with Crippen LogP contribution in [0.5, 0.6) is 0 Å². The third kappa shape index (κ3) is 7.75. The molecular formula is C23H34Cl2O4. The van der Waals surface area contributed by atoms with Gasteiger partial charge in [0.25, 0.3) is 0 Å². The van der Waals surface area contributed by atoms with E-state index in [1.165, 1.54) is 0 Å². The van der Waals surface area contributed by atoms with Crippen LogP contribution in [0.1, 0.15) is 81.4 Å². The Hall–Kier alpha value is -0.810. The first-order valence-electron chi connectivity index (χ1n) is 10.8. The van der Waals surface area contributed by atoms with Crippen LogP contribution < -0.4 is 0 Å². The second kappa shape index (κ2) is 12.8. The number of rotatable bonds is 13. The second-order valence-electron chi connectivity index (χ2n) is 8.06. The molecule has 0 heterocycles. The lowest BCUT2D eigenvalue weighted by Gasteiger charge is -2.24. The quantitative estimate of drug-likeness (QED) is 0.294. The largest absolute Gasteiger partial charge is 0.481 e. The van der Waals surface area contributed by atoms with Gasteiger partial charge >= 0.3 is 5.97 Å². The zero-order valence-corrected chi connectivity index (χ0v) is 18.7. The van der Waals surface area contributed by atoms with Crippen molar-refractivity contribution < 1.29 is 19.7 Å². The van der Waals surface area contributed by atoms with Crippen LogP contribution in [0.2, 0.25) is 0 Å². The summed E-state index contributed by atoms with van der Waals surface area (Å²) in [7, 11) is 0. The summed E-state index contributed by atoms with van der Waals surface area (Å²) in [5, 5.41) is 19.0. The number of ether oxygens (including phenoxy) is 1. The van der Waals surface area contributed by atoms with Crippen molar-refractivity contribution in [3.05, 3.63) is 35.4 Å². The molecule has 4 nitrogen and oxygen atoms in total. The van der Waals surface area contributed by atoms with E-state index in [4.69, 9.17) is 33.0 Å². The van der Waals surface area contributed by atoms with Gasteiger partial charge in [-0.15, -0.1) is 23.2 Å². The fourth-order valence-corrected chi connectivity index (χ4v) is 5.13. The number of benzene rings is 1. The number of hydrogen-bond donors (Lipinski definition) is 2. The summed E-state index contributed by atoms with van der Waals surface area (Å²) < 4.78 is 5.81. The minimum absolute atomic E-state index is 0.0409. The number of carbonyl (C=O) groups is 1. The normalized spacial score (nSPS) is 25.2. The number of carboxylic acid groups (broad SMARTS) is 1. The lowest BCUT2D eigenvalue weighted by molar-refractivity contribution is -0.137. The first-order chi connectivity index (χ1) is 13.9. The zero-order valence-electron chi connectivity index (χ0n) is 17.2. The van der Waals surface area contributed by atoms with Crippen molar-refractivity contribution in [1.29, 1.82) is 0 Å². The average Bonchev–Trinajstić information content (AvgIpc) is 2.97. The summed E-state index contributed by atoms with van der Waals surface area (Å²) in [6, 6.07) is 8.13. The van der Waals surface area contributed by atoms with Gasteiger partial charge in [-0.25, -0.2) is 0 Å². The van der Waals surface area contributed by atoms with Gasteiger partial charge in [-0.1, -0.05) is 50.5 Å². The minimum Gasteiger partial charge on any atom is -0.481 e. The van der Waals surface area contributed by atoms with Crippen LogP contribution in [-0.4, -0.2) is 40.2 Å². The third-order valence-electron chi connectivity index (χ3n) is 5.79. The molecule has 0 radical (unpaired) electrons. The van der Waals surface area contributed by atoms with E-state index in [0.29, 0.717) is 19.6 Å². The number of aliphatic hydroxyl groups is 1. The average molecular weight is 445 g/mol. The van der Waals surface area contributed by atoms with E-state index in [1.807, 2.05) is 12.1 Å². The van der Waals surface area contributed by atoms with E-state index < -0.39 is 12.1 Å². The maximum absolute atomic E-state index is 10.6. The van der Waals surface area contributed by atoms with Crippen molar-refractivity contribution >= 4 is 29.2 Å². The maximum Gasteiger partial charge on any atom is 0.303 e. The van der Waals surface area contributed by atoms with Gasteiger partial charge in [-0.3, -0.25) is 4.79 Å². The molecule has 1 fully saturated rings. The molecule has 5 atom stereocenters. The Kier molecular flexibility index (Phi) is 10.8. The van der Waals surface area contributed by atoms with Crippen LogP contribution in [0.25, 0.3) is 0 Å². The SMILES string of the molecule is CCCCCC(O)c1ccc(C2C(Cl)CC(Cl)C2COCCCCC(=O)O)cc1. The maximum atomic E-state index is 10.6. The number of alkyl halides is 2. The highest BCUT2D eigenvalue weighted by Crippen LogP contribution is 2.45. The predicted molar refractivity (Wildman–Crippen MR) is 118 cm³/mol. The molecule has 1 aromatic carbocycles. The van der Waals surface area contributed by atoms with Gasteiger partial charge in [0, 0.05) is 35.6 Å². The standard InChI is InChI=1S/C23H34Cl2O4/c1-2-3-4-7-21(26)16-9-11-17(12-10-16)23-18(19(24)14-20(23)25)15-29-13-6-5-8-22(27)28/h9-12,18-21,23,26H,2-8,13-15H2,1H3,(H,27,28). The number of carboxylic acids is 1. The number of halogens is 2. The van der Waals surface area contributed by atoms with E-state index in [0.717, 1.165) is 49.7 Å². The van der Waals surface area contributed by atoms with E-state index >= 15 is 0 Å². The first-order valence-corrected chi connectivity index (χ1v) is 11.7. The van der Waals surface area contributed by atoms with Gasteiger partial charge in [-0.2, -0.15) is 0 Å². The van der Waals surface area contributed by atoms with Crippen molar-refractivity contribution in [3.8, 4) is 0 Å². The molecule has 0 aromatic heterocycles. The van der Waals surface area contributed by atoms with Gasteiger partial charge in [0.05, 0.1) is 12.7 Å². The summed E-state index contributed by atoms with van der Waals surface area (Å²) in [5.41, 5.74) is 2.08. The summed E-state index contributed by atoms with van der Waals surface area (Å²) in [6.45, 7) is 3.22. The molecule has 29 heavy (non-hydrogen) atoms. The third-order valence-corrected chi connectivity index (χ3v) is 6.74. The Bertz CT molecular complexity index is 607. The number of hydrogen-bond acceptors (Lipinski definition) is 3. The zero-order chi connectivity index (χ0) is 21.2. The van der Waals surface area contributed by atoms with Crippen molar-refractivity contribution in [1.82, 2.24) is 0 Å². The summed E-state index contributed by atoms with van der Waals surface area (Å²) in [5.74, 6) is -0.533. The fraction of sp³-hybridized carbons (Fsp3) is 0.696. The highest BCUT2D eigenvalue weighted by atomic mass is 35.5. The van der Waals surface area contributed by atoms with Crippen LogP contribution in [0.15, 0.2) is 24.3 Å². The van der Waals surface area contributed by atoms with Crippen LogP contribution in [0, 0.1) is 5.92 Å². The fourth-order valence-electron chi connectivity index (χ4n) is 4.09. The smallest absolute Gasteiger partial charge is 0.303 e. The summed E-state index contributed by atoms with van der Waals surface area (Å²) >= 11 is 13.2. The molecule has 0 bridgehead atoms. The number of unbranched alkanes of at least 4 members (excludes halogenated alkanes) is 3. The van der Waals surface area contributed by atoms with E-state index in [-0.39, 0.29) is 29.0 Å². The van der Waals surface area contributed by atoms with Gasteiger partial charge in [0.2, 0.25) is 0 Å². The molecule has 0 spiro atoms. The van der Waals surface area contributed by atoms with Crippen LogP contribution >= 0.6 is 23.2 Å². The lowest BCUT2D eigenvalue weighted by atomic mass is 9.88. The van der Waals surface area contributed by atoms with Crippen molar-refractivity contribution in [2.45, 2.75) is 81.1 Å². The molecule has 1 saturated carbocycles. The lowest BCUT2D eigenvalue weighted by Crippen LogP contribution is -2.22. The molecule has 1 aromatic rings. The molecule has 2 rings (SSSR count). The molecular weight excluding hydrogens is 411 g/mol. The van der Waals surface area contributed by atoms with Crippen molar-refractivity contribution in [2.24, 2.45) is 5.92 Å². The Morgan fingerprint density at radius 3 is 2.52 bits per heavy atom. The Balaban J connectivity index is 1.91. The van der Waals surface area contributed by atoms with Gasteiger partial charge in [0.1, 0.15) is 0 Å². The van der Waals surface area contributed by atoms with E-state index in [9.17, 15) is 9.90 Å². The molecule has 1 aliphatic rings. The van der Waals surface area contributed by atoms with Gasteiger partial charge in [-0.05, 0) is 36.8 Å². The molecule has 0 aliphatic heterocycles. The Morgan fingerprint density at radius 1 is 1.14 bits per heavy atom. The second-order valence-corrected chi connectivity index (χ2v) is 9.18. The topological polar surface area (TPSA) is 66.8 Å². The van der Waals surface area contributed by atoms with Crippen LogP contribution in [-0.2, 0) is 9.53 Å². The molecule has 1 aliphatic carbocycles. The van der Waals surface area contributed by atoms with Crippen LogP contribution in [0.4, 0.5) is 0 Å².